The van der Waals surface area contributed by atoms with Crippen molar-refractivity contribution in [1.29, 1.82) is 0 Å². The van der Waals surface area contributed by atoms with Gasteiger partial charge in [-0.15, -0.1) is 0 Å². The van der Waals surface area contributed by atoms with E-state index in [1.807, 2.05) is 37.3 Å². The van der Waals surface area contributed by atoms with Crippen molar-refractivity contribution in [2.24, 2.45) is 0 Å². The van der Waals surface area contributed by atoms with Gasteiger partial charge in [0, 0.05) is 7.11 Å². The maximum atomic E-state index is 12.1. The van der Waals surface area contributed by atoms with Gasteiger partial charge in [0.05, 0.1) is 6.61 Å². The Kier molecular flexibility index (Phi) is 9.47. The highest BCUT2D eigenvalue weighted by atomic mass is 16.5. The van der Waals surface area contributed by atoms with E-state index in [1.165, 1.54) is 7.11 Å². The minimum atomic E-state index is -0.653. The van der Waals surface area contributed by atoms with E-state index in [4.69, 9.17) is 9.47 Å². The second-order valence-electron chi connectivity index (χ2n) is 5.18. The smallest absolute Gasteiger partial charge is 0.407 e. The van der Waals surface area contributed by atoms with Gasteiger partial charge in [-0.05, 0) is 24.8 Å². The SMILES string of the molecule is CCCCOC(=O)N[C@H](CCc1ccccc1)C(=O)NCOC. The van der Waals surface area contributed by atoms with Gasteiger partial charge in [0.1, 0.15) is 12.8 Å². The second-order valence-corrected chi connectivity index (χ2v) is 5.18. The first-order chi connectivity index (χ1) is 11.2. The summed E-state index contributed by atoms with van der Waals surface area (Å²) in [6.07, 6.45) is 2.35. The molecule has 0 saturated heterocycles. The Labute approximate surface area is 137 Å². The summed E-state index contributed by atoms with van der Waals surface area (Å²) in [5, 5.41) is 5.24. The minimum Gasteiger partial charge on any atom is -0.450 e. The number of hydrogen-bond donors (Lipinski definition) is 2. The molecule has 0 unspecified atom stereocenters. The number of unbranched alkanes of at least 4 members (excludes halogenated alkanes) is 1. The first kappa shape index (κ1) is 19.0. The number of carbonyl (C=O) groups excluding carboxylic acids is 2. The third-order valence-electron chi connectivity index (χ3n) is 3.29. The predicted octanol–water partition coefficient (Wildman–Crippen LogP) is 2.23. The molecular formula is C17H26N2O4. The second kappa shape index (κ2) is 11.5. The molecule has 1 aromatic carbocycles. The fourth-order valence-electron chi connectivity index (χ4n) is 1.98. The molecular weight excluding hydrogens is 296 g/mol. The highest BCUT2D eigenvalue weighted by Gasteiger charge is 2.21. The van der Waals surface area contributed by atoms with Gasteiger partial charge >= 0.3 is 6.09 Å². The lowest BCUT2D eigenvalue weighted by Gasteiger charge is -2.18. The van der Waals surface area contributed by atoms with Crippen LogP contribution in [-0.2, 0) is 20.7 Å². The molecule has 0 aromatic heterocycles. The average Bonchev–Trinajstić information content (AvgIpc) is 2.57. The fraction of sp³-hybridized carbons (Fsp3) is 0.529. The summed E-state index contributed by atoms with van der Waals surface area (Å²) in [6.45, 7) is 2.47. The van der Waals surface area contributed by atoms with Gasteiger partial charge in [0.2, 0.25) is 5.91 Å². The van der Waals surface area contributed by atoms with E-state index in [-0.39, 0.29) is 12.6 Å². The zero-order valence-corrected chi connectivity index (χ0v) is 13.8. The van der Waals surface area contributed by atoms with E-state index in [9.17, 15) is 9.59 Å². The standard InChI is InChI=1S/C17H26N2O4/c1-3-4-12-23-17(21)19-15(16(20)18-13-22-2)11-10-14-8-6-5-7-9-14/h5-9,15H,3-4,10-13H2,1-2H3,(H,18,20)(H,19,21)/t15-/m1/s1. The summed E-state index contributed by atoms with van der Waals surface area (Å²) >= 11 is 0. The fourth-order valence-corrected chi connectivity index (χ4v) is 1.98. The lowest BCUT2D eigenvalue weighted by atomic mass is 10.0. The molecule has 2 N–H and O–H groups in total. The quantitative estimate of drug-likeness (QED) is 0.511. The Morgan fingerprint density at radius 2 is 1.96 bits per heavy atom. The molecule has 1 rings (SSSR count). The molecule has 0 fully saturated rings. The molecule has 0 spiro atoms. The molecule has 1 aromatic rings. The summed E-state index contributed by atoms with van der Waals surface area (Å²) in [4.78, 5) is 23.9. The van der Waals surface area contributed by atoms with E-state index in [1.54, 1.807) is 0 Å². The van der Waals surface area contributed by atoms with Crippen LogP contribution in [0.3, 0.4) is 0 Å². The van der Waals surface area contributed by atoms with Crippen LogP contribution in [0.15, 0.2) is 30.3 Å². The van der Waals surface area contributed by atoms with Crippen molar-refractivity contribution in [3.63, 3.8) is 0 Å². The molecule has 0 aliphatic heterocycles. The van der Waals surface area contributed by atoms with Crippen LogP contribution in [0.1, 0.15) is 31.7 Å². The van der Waals surface area contributed by atoms with Crippen molar-refractivity contribution in [3.8, 4) is 0 Å². The Bertz CT molecular complexity index is 465. The van der Waals surface area contributed by atoms with Crippen LogP contribution >= 0.6 is 0 Å². The molecule has 128 valence electrons. The van der Waals surface area contributed by atoms with Gasteiger partial charge in [0.15, 0.2) is 0 Å². The Hall–Kier alpha value is -2.08. The van der Waals surface area contributed by atoms with Crippen LogP contribution in [-0.4, -0.2) is 38.5 Å². The number of carbonyl (C=O) groups is 2. The van der Waals surface area contributed by atoms with Gasteiger partial charge in [-0.25, -0.2) is 4.79 Å². The average molecular weight is 322 g/mol. The van der Waals surface area contributed by atoms with Crippen molar-refractivity contribution in [1.82, 2.24) is 10.6 Å². The van der Waals surface area contributed by atoms with Gasteiger partial charge in [-0.2, -0.15) is 0 Å². The first-order valence-corrected chi connectivity index (χ1v) is 7.91. The minimum absolute atomic E-state index is 0.104. The maximum absolute atomic E-state index is 12.1. The monoisotopic (exact) mass is 322 g/mol. The van der Waals surface area contributed by atoms with Crippen molar-refractivity contribution < 1.29 is 19.1 Å². The molecule has 0 heterocycles. The maximum Gasteiger partial charge on any atom is 0.407 e. The van der Waals surface area contributed by atoms with Crippen LogP contribution in [0.5, 0.6) is 0 Å². The number of nitrogens with one attached hydrogen (secondary N) is 2. The van der Waals surface area contributed by atoms with Crippen LogP contribution in [0.4, 0.5) is 4.79 Å². The number of rotatable bonds is 10. The predicted molar refractivity (Wildman–Crippen MR) is 88.0 cm³/mol. The molecule has 23 heavy (non-hydrogen) atoms. The van der Waals surface area contributed by atoms with Gasteiger partial charge in [-0.3, -0.25) is 4.79 Å². The molecule has 6 nitrogen and oxygen atoms in total. The van der Waals surface area contributed by atoms with E-state index < -0.39 is 12.1 Å². The van der Waals surface area contributed by atoms with Crippen molar-refractivity contribution in [3.05, 3.63) is 35.9 Å². The van der Waals surface area contributed by atoms with Gasteiger partial charge < -0.3 is 20.1 Å². The molecule has 2 amide bonds. The van der Waals surface area contributed by atoms with Crippen molar-refractivity contribution in [2.45, 2.75) is 38.6 Å². The molecule has 0 saturated carbocycles. The summed E-state index contributed by atoms with van der Waals surface area (Å²) in [7, 11) is 1.49. The number of benzene rings is 1. The summed E-state index contributed by atoms with van der Waals surface area (Å²) in [6, 6.07) is 9.16. The first-order valence-electron chi connectivity index (χ1n) is 7.91. The number of ether oxygens (including phenoxy) is 2. The summed E-state index contributed by atoms with van der Waals surface area (Å²) < 4.78 is 9.89. The van der Waals surface area contributed by atoms with Gasteiger partial charge in [-0.1, -0.05) is 43.7 Å². The highest BCUT2D eigenvalue weighted by molar-refractivity contribution is 5.85. The molecule has 0 aliphatic carbocycles. The van der Waals surface area contributed by atoms with Crippen molar-refractivity contribution >= 4 is 12.0 Å². The van der Waals surface area contributed by atoms with E-state index >= 15 is 0 Å². The molecule has 6 heteroatoms. The molecule has 1 atom stereocenters. The third kappa shape index (κ3) is 8.21. The highest BCUT2D eigenvalue weighted by Crippen LogP contribution is 2.06. The molecule has 0 aliphatic rings. The topological polar surface area (TPSA) is 76.7 Å². The van der Waals surface area contributed by atoms with Crippen molar-refractivity contribution in [2.75, 3.05) is 20.4 Å². The number of methoxy groups -OCH3 is 1. The molecule has 0 bridgehead atoms. The van der Waals surface area contributed by atoms with E-state index in [2.05, 4.69) is 10.6 Å². The van der Waals surface area contributed by atoms with Gasteiger partial charge in [0.25, 0.3) is 0 Å². The number of alkyl carbamates (subject to hydrolysis) is 1. The summed E-state index contributed by atoms with van der Waals surface area (Å²) in [5.74, 6) is -0.282. The lowest BCUT2D eigenvalue weighted by molar-refractivity contribution is -0.124. The van der Waals surface area contributed by atoms with Crippen LogP contribution in [0, 0.1) is 0 Å². The largest absolute Gasteiger partial charge is 0.450 e. The Morgan fingerprint density at radius 3 is 2.61 bits per heavy atom. The van der Waals surface area contributed by atoms with Crippen LogP contribution in [0.25, 0.3) is 0 Å². The van der Waals surface area contributed by atoms with E-state index in [0.717, 1.165) is 18.4 Å². The number of aryl methyl sites for hydroxylation is 1. The third-order valence-corrected chi connectivity index (χ3v) is 3.29. The Morgan fingerprint density at radius 1 is 1.22 bits per heavy atom. The zero-order valence-electron chi connectivity index (χ0n) is 13.8. The van der Waals surface area contributed by atoms with Crippen LogP contribution in [0.2, 0.25) is 0 Å². The molecule has 0 radical (unpaired) electrons. The Balaban J connectivity index is 2.54. The zero-order chi connectivity index (χ0) is 16.9. The summed E-state index contributed by atoms with van der Waals surface area (Å²) in [5.41, 5.74) is 1.11. The number of amides is 2. The lowest BCUT2D eigenvalue weighted by Crippen LogP contribution is -2.47. The number of hydrogen-bond acceptors (Lipinski definition) is 4. The normalized spacial score (nSPS) is 11.6. The van der Waals surface area contributed by atoms with Crippen LogP contribution < -0.4 is 10.6 Å². The van der Waals surface area contributed by atoms with E-state index in [0.29, 0.717) is 19.4 Å².